The zero-order valence-electron chi connectivity index (χ0n) is 27.0. The molecular weight excluding hydrogens is 586 g/mol. The number of rotatable bonds is 11. The van der Waals surface area contributed by atoms with Crippen LogP contribution in [0.2, 0.25) is 0 Å². The molecule has 13 heteroatoms. The highest BCUT2D eigenvalue weighted by Gasteiger charge is 2.43. The third-order valence-electron chi connectivity index (χ3n) is 8.43. The predicted molar refractivity (Wildman–Crippen MR) is 167 cm³/mol. The van der Waals surface area contributed by atoms with Crippen molar-refractivity contribution in [1.82, 2.24) is 20.9 Å². The minimum atomic E-state index is -1.12. The molecule has 2 saturated carbocycles. The number of ether oxygens (including phenoxy) is 1. The fourth-order valence-corrected chi connectivity index (χ4v) is 7.26. The molecule has 44 heavy (non-hydrogen) atoms. The summed E-state index contributed by atoms with van der Waals surface area (Å²) in [4.78, 5) is 79.7. The summed E-state index contributed by atoms with van der Waals surface area (Å²) < 4.78 is 5.56. The van der Waals surface area contributed by atoms with Gasteiger partial charge in [-0.3, -0.25) is 19.2 Å². The molecule has 3 rings (SSSR count). The van der Waals surface area contributed by atoms with Crippen LogP contribution in [-0.2, 0) is 28.7 Å². The molecule has 0 bridgehead atoms. The van der Waals surface area contributed by atoms with E-state index in [1.54, 1.807) is 20.8 Å². The van der Waals surface area contributed by atoms with Crippen LogP contribution in [0.3, 0.4) is 0 Å². The van der Waals surface area contributed by atoms with Crippen molar-refractivity contribution in [2.45, 2.75) is 140 Å². The van der Waals surface area contributed by atoms with Crippen molar-refractivity contribution in [2.75, 3.05) is 6.54 Å². The fraction of sp³-hybridized carbons (Fsp3) is 0.806. The summed E-state index contributed by atoms with van der Waals surface area (Å²) in [5.41, 5.74) is 3.85. The van der Waals surface area contributed by atoms with Gasteiger partial charge in [-0.25, -0.2) is 9.59 Å². The molecule has 3 fully saturated rings. The average Bonchev–Trinajstić information content (AvgIpc) is 3.40. The molecule has 248 valence electrons. The third kappa shape index (κ3) is 9.84. The number of hydrogen-bond acceptors (Lipinski definition) is 8. The zero-order valence-corrected chi connectivity index (χ0v) is 27.8. The number of hydrogen-bond donors (Lipinski definition) is 4. The van der Waals surface area contributed by atoms with Gasteiger partial charge in [0.25, 0.3) is 11.7 Å². The summed E-state index contributed by atoms with van der Waals surface area (Å²) in [6, 6.07) is -3.39. The summed E-state index contributed by atoms with van der Waals surface area (Å²) >= 11 is 1.23. The van der Waals surface area contributed by atoms with Crippen LogP contribution in [0, 0.1) is 11.3 Å². The lowest BCUT2D eigenvalue weighted by Gasteiger charge is -2.36. The standard InChI is InChI=1S/C31H51N5O7S/c1-30(2,3)23(28(41)43-31(4,5)6)34-29(42)33-21(18-12-8-7-9-13-18)27(40)36-17-11-16-20(36)25(39)35-26(22(37)24(32)38)44-19-14-10-15-19/h18-21,23,26H,7-17H2,1-6H3,(H2,32,38)(H,35,39)(H2,33,34,42). The molecule has 1 heterocycles. The van der Waals surface area contributed by atoms with Gasteiger partial charge in [0, 0.05) is 11.8 Å². The maximum Gasteiger partial charge on any atom is 0.329 e. The Balaban J connectivity index is 1.77. The summed E-state index contributed by atoms with van der Waals surface area (Å²) in [6.07, 6.45) is 8.10. The minimum absolute atomic E-state index is 0.140. The van der Waals surface area contributed by atoms with Gasteiger partial charge in [-0.2, -0.15) is 0 Å². The number of nitrogens with zero attached hydrogens (tertiary/aromatic N) is 1. The van der Waals surface area contributed by atoms with Crippen molar-refractivity contribution in [1.29, 1.82) is 0 Å². The van der Waals surface area contributed by atoms with Gasteiger partial charge >= 0.3 is 12.0 Å². The number of esters is 1. The van der Waals surface area contributed by atoms with E-state index in [-0.39, 0.29) is 17.1 Å². The quantitative estimate of drug-likeness (QED) is 0.152. The SMILES string of the molecule is CC(C)(C)OC(=O)C(NC(=O)NC(C(=O)N1CCCC1C(=O)NC(SC1CCC1)C(=O)C(N)=O)C1CCCCC1)C(C)(C)C. The first-order valence-corrected chi connectivity index (χ1v) is 16.8. The molecule has 4 atom stereocenters. The topological polar surface area (TPSA) is 177 Å². The molecule has 0 aromatic rings. The van der Waals surface area contributed by atoms with Crippen LogP contribution in [-0.4, -0.2) is 81.3 Å². The van der Waals surface area contributed by atoms with Crippen molar-refractivity contribution < 1.29 is 33.5 Å². The van der Waals surface area contributed by atoms with E-state index in [4.69, 9.17) is 10.5 Å². The first kappa shape index (κ1) is 35.6. The van der Waals surface area contributed by atoms with Crippen molar-refractivity contribution in [3.63, 3.8) is 0 Å². The summed E-state index contributed by atoms with van der Waals surface area (Å²) in [7, 11) is 0. The molecule has 4 unspecified atom stereocenters. The van der Waals surface area contributed by atoms with Crippen LogP contribution in [0.15, 0.2) is 0 Å². The number of urea groups is 1. The van der Waals surface area contributed by atoms with Gasteiger partial charge in [0.1, 0.15) is 29.1 Å². The van der Waals surface area contributed by atoms with E-state index in [1.165, 1.54) is 16.7 Å². The van der Waals surface area contributed by atoms with Gasteiger partial charge in [0.15, 0.2) is 0 Å². The van der Waals surface area contributed by atoms with Gasteiger partial charge in [0.05, 0.1) is 0 Å². The lowest BCUT2D eigenvalue weighted by molar-refractivity contribution is -0.160. The van der Waals surface area contributed by atoms with Crippen LogP contribution < -0.4 is 21.7 Å². The highest BCUT2D eigenvalue weighted by atomic mass is 32.2. The summed E-state index contributed by atoms with van der Waals surface area (Å²) in [5, 5.41) is 7.34. The molecule has 0 spiro atoms. The van der Waals surface area contributed by atoms with E-state index in [0.717, 1.165) is 51.4 Å². The lowest BCUT2D eigenvalue weighted by Crippen LogP contribution is -2.61. The van der Waals surface area contributed by atoms with Crippen LogP contribution in [0.5, 0.6) is 0 Å². The highest BCUT2D eigenvalue weighted by molar-refractivity contribution is 8.01. The molecule has 3 aliphatic rings. The number of ketones is 1. The van der Waals surface area contributed by atoms with E-state index in [1.807, 2.05) is 20.8 Å². The number of amides is 5. The van der Waals surface area contributed by atoms with Crippen molar-refractivity contribution in [3.8, 4) is 0 Å². The Morgan fingerprint density at radius 3 is 1.98 bits per heavy atom. The minimum Gasteiger partial charge on any atom is -0.458 e. The predicted octanol–water partition coefficient (Wildman–Crippen LogP) is 2.76. The Labute approximate surface area is 265 Å². The maximum atomic E-state index is 14.1. The van der Waals surface area contributed by atoms with E-state index >= 15 is 0 Å². The van der Waals surface area contributed by atoms with E-state index in [9.17, 15) is 28.8 Å². The average molecular weight is 638 g/mol. The van der Waals surface area contributed by atoms with E-state index in [2.05, 4.69) is 16.0 Å². The molecule has 12 nitrogen and oxygen atoms in total. The Kier molecular flexibility index (Phi) is 12.1. The number of carbonyl (C=O) groups is 6. The second-order valence-electron chi connectivity index (χ2n) is 14.3. The van der Waals surface area contributed by atoms with Gasteiger partial charge in [0.2, 0.25) is 11.8 Å². The van der Waals surface area contributed by atoms with Crippen LogP contribution in [0.4, 0.5) is 4.79 Å². The Morgan fingerprint density at radius 1 is 0.818 bits per heavy atom. The molecule has 1 aliphatic heterocycles. The molecule has 5 amide bonds. The number of nitrogens with one attached hydrogen (secondary N) is 3. The van der Waals surface area contributed by atoms with Crippen molar-refractivity contribution in [2.24, 2.45) is 17.1 Å². The number of carbonyl (C=O) groups excluding carboxylic acids is 6. The molecule has 2 aliphatic carbocycles. The number of nitrogens with two attached hydrogens (primary N) is 1. The smallest absolute Gasteiger partial charge is 0.329 e. The molecular formula is C31H51N5O7S. The van der Waals surface area contributed by atoms with Crippen LogP contribution in [0.25, 0.3) is 0 Å². The second kappa shape index (κ2) is 15.0. The monoisotopic (exact) mass is 637 g/mol. The first-order chi connectivity index (χ1) is 20.5. The normalized spacial score (nSPS) is 21.8. The van der Waals surface area contributed by atoms with Gasteiger partial charge in [-0.05, 0) is 70.6 Å². The number of thioether (sulfide) groups is 1. The molecule has 1 saturated heterocycles. The molecule has 0 aromatic heterocycles. The summed E-state index contributed by atoms with van der Waals surface area (Å²) in [6.45, 7) is 11.0. The maximum absolute atomic E-state index is 14.1. The van der Waals surface area contributed by atoms with E-state index in [0.29, 0.717) is 19.4 Å². The number of likely N-dealkylation sites (tertiary alicyclic amines) is 1. The second-order valence-corrected chi connectivity index (χ2v) is 15.7. The van der Waals surface area contributed by atoms with Gasteiger partial charge < -0.3 is 31.3 Å². The van der Waals surface area contributed by atoms with Crippen LogP contribution >= 0.6 is 11.8 Å². The summed E-state index contributed by atoms with van der Waals surface area (Å²) in [5.74, 6) is -3.60. The third-order valence-corrected chi connectivity index (χ3v) is 9.89. The lowest BCUT2D eigenvalue weighted by atomic mass is 9.83. The van der Waals surface area contributed by atoms with Crippen LogP contribution in [0.1, 0.15) is 106 Å². The molecule has 0 aromatic carbocycles. The Bertz CT molecular complexity index is 1090. The molecule has 0 radical (unpaired) electrons. The molecule has 5 N–H and O–H groups in total. The first-order valence-electron chi connectivity index (χ1n) is 15.9. The number of Topliss-reactive ketones (excluding diaryl/α,β-unsaturated/α-hetero) is 1. The van der Waals surface area contributed by atoms with Crippen molar-refractivity contribution in [3.05, 3.63) is 0 Å². The zero-order chi connectivity index (χ0) is 32.8. The fourth-order valence-electron chi connectivity index (χ4n) is 5.85. The number of primary amides is 1. The van der Waals surface area contributed by atoms with Gasteiger partial charge in [-0.15, -0.1) is 11.8 Å². The van der Waals surface area contributed by atoms with E-state index < -0.39 is 64.1 Å². The largest absolute Gasteiger partial charge is 0.458 e. The highest BCUT2D eigenvalue weighted by Crippen LogP contribution is 2.34. The Morgan fingerprint density at radius 2 is 1.45 bits per heavy atom. The van der Waals surface area contributed by atoms with Gasteiger partial charge in [-0.1, -0.05) is 46.5 Å². The van der Waals surface area contributed by atoms with Crippen molar-refractivity contribution >= 4 is 47.3 Å². The Hall–Kier alpha value is -2.83.